The maximum absolute atomic E-state index is 12.3. The van der Waals surface area contributed by atoms with Gasteiger partial charge in [0.2, 0.25) is 10.0 Å². The first kappa shape index (κ1) is 24.9. The summed E-state index contributed by atoms with van der Waals surface area (Å²) in [5.74, 6) is -0.927. The van der Waals surface area contributed by atoms with Crippen LogP contribution in [-0.4, -0.2) is 51.4 Å². The lowest BCUT2D eigenvalue weighted by atomic mass is 10.2. The van der Waals surface area contributed by atoms with Gasteiger partial charge in [0.25, 0.3) is 5.91 Å². The Kier molecular flexibility index (Phi) is 8.30. The summed E-state index contributed by atoms with van der Waals surface area (Å²) in [5.41, 5.74) is 0.933. The second-order valence-corrected chi connectivity index (χ2v) is 9.72. The number of halogens is 2. The molecule has 2 rings (SSSR count). The van der Waals surface area contributed by atoms with E-state index in [1.165, 1.54) is 39.2 Å². The summed E-state index contributed by atoms with van der Waals surface area (Å²) in [7, 11) is -1.07. The third-order valence-electron chi connectivity index (χ3n) is 4.09. The summed E-state index contributed by atoms with van der Waals surface area (Å²) in [6, 6.07) is 8.97. The van der Waals surface area contributed by atoms with E-state index in [1.54, 1.807) is 25.1 Å². The number of aryl methyl sites for hydroxylation is 1. The molecule has 0 aliphatic heterocycles. The molecule has 1 N–H and O–H groups in total. The third kappa shape index (κ3) is 6.57. The van der Waals surface area contributed by atoms with Crippen LogP contribution >= 0.6 is 23.2 Å². The molecular weight excluding hydrogens is 467 g/mol. The van der Waals surface area contributed by atoms with Crippen molar-refractivity contribution in [2.45, 2.75) is 24.8 Å². The predicted octanol–water partition coefficient (Wildman–Crippen LogP) is 3.50. The van der Waals surface area contributed by atoms with Gasteiger partial charge in [-0.2, -0.15) is 0 Å². The van der Waals surface area contributed by atoms with Gasteiger partial charge in [-0.15, -0.1) is 0 Å². The quantitative estimate of drug-likeness (QED) is 0.570. The number of benzene rings is 2. The first-order valence-electron chi connectivity index (χ1n) is 9.03. The molecule has 1 amide bonds. The van der Waals surface area contributed by atoms with Crippen molar-refractivity contribution >= 4 is 50.8 Å². The van der Waals surface area contributed by atoms with Gasteiger partial charge in [-0.1, -0.05) is 23.2 Å². The zero-order valence-corrected chi connectivity index (χ0v) is 19.6. The average Bonchev–Trinajstić information content (AvgIpc) is 2.69. The number of anilines is 1. The Morgan fingerprint density at radius 3 is 2.42 bits per heavy atom. The Balaban J connectivity index is 1.96. The molecule has 0 aliphatic carbocycles. The molecule has 0 aromatic heterocycles. The Bertz CT molecular complexity index is 1090. The lowest BCUT2D eigenvalue weighted by Crippen LogP contribution is -2.30. The van der Waals surface area contributed by atoms with Crippen LogP contribution in [-0.2, 0) is 24.3 Å². The lowest BCUT2D eigenvalue weighted by molar-refractivity contribution is -0.153. The van der Waals surface area contributed by atoms with E-state index in [0.29, 0.717) is 10.8 Å². The summed E-state index contributed by atoms with van der Waals surface area (Å²) < 4.78 is 36.2. The van der Waals surface area contributed by atoms with Gasteiger partial charge in [0, 0.05) is 24.8 Å². The minimum Gasteiger partial charge on any atom is -0.479 e. The Morgan fingerprint density at radius 1 is 1.13 bits per heavy atom. The van der Waals surface area contributed by atoms with Crippen molar-refractivity contribution in [3.05, 3.63) is 52.0 Å². The molecule has 0 bridgehead atoms. The molecule has 0 saturated carbocycles. The zero-order chi connectivity index (χ0) is 23.3. The number of amides is 1. The van der Waals surface area contributed by atoms with Gasteiger partial charge in [-0.25, -0.2) is 17.5 Å². The molecule has 31 heavy (non-hydrogen) atoms. The first-order valence-corrected chi connectivity index (χ1v) is 11.2. The molecular formula is C20H22Cl2N2O6S. The highest BCUT2D eigenvalue weighted by molar-refractivity contribution is 7.89. The van der Waals surface area contributed by atoms with E-state index in [-0.39, 0.29) is 15.6 Å². The zero-order valence-electron chi connectivity index (χ0n) is 17.3. The van der Waals surface area contributed by atoms with Gasteiger partial charge in [0.15, 0.2) is 12.7 Å². The van der Waals surface area contributed by atoms with E-state index in [4.69, 9.17) is 32.7 Å². The highest BCUT2D eigenvalue weighted by Gasteiger charge is 2.22. The SMILES string of the molecule is Cc1cc(Cl)ccc1OC(C)C(=O)OCC(=O)Nc1ccc(Cl)c(S(=O)(=O)N(C)C)c1. The Labute approximate surface area is 191 Å². The molecule has 2 aromatic rings. The molecule has 11 heteroatoms. The predicted molar refractivity (Wildman–Crippen MR) is 118 cm³/mol. The van der Waals surface area contributed by atoms with Crippen LogP contribution in [0.2, 0.25) is 10.0 Å². The van der Waals surface area contributed by atoms with E-state index in [1.807, 2.05) is 0 Å². The number of nitrogens with one attached hydrogen (secondary N) is 1. The van der Waals surface area contributed by atoms with Gasteiger partial charge >= 0.3 is 5.97 Å². The summed E-state index contributed by atoms with van der Waals surface area (Å²) in [4.78, 5) is 24.1. The van der Waals surface area contributed by atoms with Crippen molar-refractivity contribution in [1.29, 1.82) is 0 Å². The maximum atomic E-state index is 12.3. The summed E-state index contributed by atoms with van der Waals surface area (Å²) in [6.07, 6.45) is -0.958. The van der Waals surface area contributed by atoms with Gasteiger partial charge in [0.05, 0.1) is 5.02 Å². The number of hydrogen-bond acceptors (Lipinski definition) is 6. The monoisotopic (exact) mass is 488 g/mol. The normalized spacial score (nSPS) is 12.4. The van der Waals surface area contributed by atoms with Crippen molar-refractivity contribution < 1.29 is 27.5 Å². The smallest absolute Gasteiger partial charge is 0.347 e. The fourth-order valence-corrected chi connectivity index (χ4v) is 4.03. The van der Waals surface area contributed by atoms with Crippen LogP contribution in [0.25, 0.3) is 0 Å². The van der Waals surface area contributed by atoms with Gasteiger partial charge in [-0.3, -0.25) is 4.79 Å². The first-order chi connectivity index (χ1) is 14.4. The number of sulfonamides is 1. The van der Waals surface area contributed by atoms with Crippen molar-refractivity contribution in [3.8, 4) is 5.75 Å². The minimum absolute atomic E-state index is 0.0154. The molecule has 1 unspecified atom stereocenters. The van der Waals surface area contributed by atoms with Crippen molar-refractivity contribution in [2.75, 3.05) is 26.0 Å². The number of carbonyl (C=O) groups is 2. The summed E-state index contributed by atoms with van der Waals surface area (Å²) in [5, 5.41) is 3.02. The van der Waals surface area contributed by atoms with Crippen molar-refractivity contribution in [1.82, 2.24) is 4.31 Å². The molecule has 0 spiro atoms. The summed E-state index contributed by atoms with van der Waals surface area (Å²) >= 11 is 11.9. The highest BCUT2D eigenvalue weighted by Crippen LogP contribution is 2.27. The van der Waals surface area contributed by atoms with Crippen LogP contribution in [0.1, 0.15) is 12.5 Å². The molecule has 0 fully saturated rings. The topological polar surface area (TPSA) is 102 Å². The van der Waals surface area contributed by atoms with Crippen molar-refractivity contribution in [2.24, 2.45) is 0 Å². The van der Waals surface area contributed by atoms with Crippen LogP contribution in [0.4, 0.5) is 5.69 Å². The molecule has 168 valence electrons. The van der Waals surface area contributed by atoms with E-state index < -0.39 is 34.6 Å². The Hall–Kier alpha value is -2.33. The highest BCUT2D eigenvalue weighted by atomic mass is 35.5. The number of rotatable bonds is 8. The average molecular weight is 489 g/mol. The number of hydrogen-bond donors (Lipinski definition) is 1. The van der Waals surface area contributed by atoms with Crippen LogP contribution in [0.5, 0.6) is 5.75 Å². The Morgan fingerprint density at radius 2 is 1.81 bits per heavy atom. The third-order valence-corrected chi connectivity index (χ3v) is 6.62. The largest absolute Gasteiger partial charge is 0.479 e. The lowest BCUT2D eigenvalue weighted by Gasteiger charge is -2.16. The van der Waals surface area contributed by atoms with Gasteiger partial charge < -0.3 is 14.8 Å². The summed E-state index contributed by atoms with van der Waals surface area (Å²) in [6.45, 7) is 2.69. The number of esters is 1. The minimum atomic E-state index is -3.80. The van der Waals surface area contributed by atoms with Crippen molar-refractivity contribution in [3.63, 3.8) is 0 Å². The standard InChI is InChI=1S/C20H22Cl2N2O6S/c1-12-9-14(21)5-8-17(12)30-13(2)20(26)29-11-19(25)23-15-6-7-16(22)18(10-15)31(27,28)24(3)4/h5-10,13H,11H2,1-4H3,(H,23,25). The molecule has 0 saturated heterocycles. The van der Waals surface area contributed by atoms with Gasteiger partial charge in [0.1, 0.15) is 10.6 Å². The fourth-order valence-electron chi connectivity index (χ4n) is 2.41. The second kappa shape index (κ2) is 10.3. The van der Waals surface area contributed by atoms with E-state index in [9.17, 15) is 18.0 Å². The number of nitrogens with zero attached hydrogens (tertiary/aromatic N) is 1. The molecule has 0 radical (unpaired) electrons. The van der Waals surface area contributed by atoms with E-state index >= 15 is 0 Å². The van der Waals surface area contributed by atoms with Crippen LogP contribution < -0.4 is 10.1 Å². The van der Waals surface area contributed by atoms with Crippen LogP contribution in [0.3, 0.4) is 0 Å². The molecule has 0 aliphatic rings. The van der Waals surface area contributed by atoms with Crippen LogP contribution in [0, 0.1) is 6.92 Å². The molecule has 2 aromatic carbocycles. The van der Waals surface area contributed by atoms with Gasteiger partial charge in [-0.05, 0) is 55.8 Å². The molecule has 1 atom stereocenters. The van der Waals surface area contributed by atoms with E-state index in [2.05, 4.69) is 5.32 Å². The molecule has 0 heterocycles. The number of carbonyl (C=O) groups excluding carboxylic acids is 2. The number of ether oxygens (including phenoxy) is 2. The molecule has 8 nitrogen and oxygen atoms in total. The fraction of sp³-hybridized carbons (Fsp3) is 0.300. The van der Waals surface area contributed by atoms with Crippen LogP contribution in [0.15, 0.2) is 41.3 Å². The van der Waals surface area contributed by atoms with E-state index in [0.717, 1.165) is 9.87 Å². The maximum Gasteiger partial charge on any atom is 0.347 e. The second-order valence-electron chi connectivity index (χ2n) is 6.76.